The van der Waals surface area contributed by atoms with Crippen LogP contribution in [0.15, 0.2) is 30.3 Å². The summed E-state index contributed by atoms with van der Waals surface area (Å²) in [5, 5.41) is 0. The van der Waals surface area contributed by atoms with E-state index < -0.39 is 0 Å². The molecular formula is C28H38NO2+. The third kappa shape index (κ3) is 3.46. The molecule has 0 fully saturated rings. The van der Waals surface area contributed by atoms with Crippen molar-refractivity contribution in [1.29, 1.82) is 0 Å². The van der Waals surface area contributed by atoms with Gasteiger partial charge < -0.3 is 9.47 Å². The Labute approximate surface area is 188 Å². The Balaban J connectivity index is 1.93. The number of hydrogen-bond acceptors (Lipinski definition) is 2. The lowest BCUT2D eigenvalue weighted by molar-refractivity contribution is -0.513. The van der Waals surface area contributed by atoms with E-state index in [9.17, 15) is 0 Å². The topological polar surface area (TPSA) is 21.5 Å². The molecule has 0 saturated heterocycles. The normalized spacial score (nSPS) is 21.7. The quantitative estimate of drug-likeness (QED) is 0.500. The highest BCUT2D eigenvalue weighted by Gasteiger charge is 2.55. The fraction of sp³-hybridized carbons (Fsp3) is 0.536. The van der Waals surface area contributed by atoms with Crippen LogP contribution < -0.4 is 9.47 Å². The molecule has 0 amide bonds. The molecule has 1 atom stereocenters. The van der Waals surface area contributed by atoms with E-state index in [2.05, 4.69) is 82.7 Å². The van der Waals surface area contributed by atoms with Crippen LogP contribution in [0.4, 0.5) is 5.69 Å². The fourth-order valence-electron chi connectivity index (χ4n) is 5.88. The average Bonchev–Trinajstić information content (AvgIpc) is 3.21. The number of fused-ring (bicyclic) bond motifs is 2. The number of benzene rings is 2. The molecule has 1 aliphatic carbocycles. The fourth-order valence-corrected chi connectivity index (χ4v) is 5.88. The summed E-state index contributed by atoms with van der Waals surface area (Å²) in [5.41, 5.74) is 7.18. The molecule has 1 spiro atoms. The molecule has 0 saturated carbocycles. The maximum Gasteiger partial charge on any atom is 0.212 e. The van der Waals surface area contributed by atoms with E-state index in [1.165, 1.54) is 27.9 Å². The van der Waals surface area contributed by atoms with Gasteiger partial charge in [0.25, 0.3) is 0 Å². The number of para-hydroxylation sites is 1. The lowest BCUT2D eigenvalue weighted by atomic mass is 9.76. The molecule has 0 N–H and O–H groups in total. The molecule has 0 bridgehead atoms. The first kappa shape index (κ1) is 21.9. The maximum absolute atomic E-state index is 5.68. The summed E-state index contributed by atoms with van der Waals surface area (Å²) in [7, 11) is 3.45. The first-order valence-corrected chi connectivity index (χ1v) is 11.7. The van der Waals surface area contributed by atoms with E-state index in [-0.39, 0.29) is 11.0 Å². The zero-order chi connectivity index (χ0) is 22.6. The molecule has 31 heavy (non-hydrogen) atoms. The Morgan fingerprint density at radius 2 is 1.48 bits per heavy atom. The van der Waals surface area contributed by atoms with Gasteiger partial charge in [-0.15, -0.1) is 0 Å². The SMILES string of the molecule is COc1cc2c(cc1OC)[C@@]1(C=[N+](c3c(C(C)C)cccc3C(C)C)C(C)(C)C1)CC2. The van der Waals surface area contributed by atoms with Gasteiger partial charge in [-0.1, -0.05) is 45.9 Å². The minimum atomic E-state index is 0.0312. The number of hydrogen-bond donors (Lipinski definition) is 0. The largest absolute Gasteiger partial charge is 0.493 e. The number of aryl methyl sites for hydroxylation is 1. The highest BCUT2D eigenvalue weighted by atomic mass is 16.5. The first-order chi connectivity index (χ1) is 14.6. The number of rotatable bonds is 5. The van der Waals surface area contributed by atoms with Crippen LogP contribution in [0.3, 0.4) is 0 Å². The average molecular weight is 421 g/mol. The van der Waals surface area contributed by atoms with E-state index in [1.807, 2.05) is 0 Å². The van der Waals surface area contributed by atoms with Crippen LogP contribution in [-0.4, -0.2) is 30.5 Å². The summed E-state index contributed by atoms with van der Waals surface area (Å²) in [6, 6.07) is 11.3. The molecule has 2 aromatic carbocycles. The van der Waals surface area contributed by atoms with Gasteiger partial charge in [0.1, 0.15) is 0 Å². The van der Waals surface area contributed by atoms with Crippen molar-refractivity contribution in [1.82, 2.24) is 0 Å². The molecule has 2 aromatic rings. The van der Waals surface area contributed by atoms with Crippen molar-refractivity contribution >= 4 is 11.9 Å². The predicted octanol–water partition coefficient (Wildman–Crippen LogP) is 6.73. The third-order valence-electron chi connectivity index (χ3n) is 7.35. The van der Waals surface area contributed by atoms with E-state index in [0.29, 0.717) is 11.8 Å². The first-order valence-electron chi connectivity index (χ1n) is 11.7. The Morgan fingerprint density at radius 3 is 2.03 bits per heavy atom. The van der Waals surface area contributed by atoms with Crippen molar-refractivity contribution in [2.75, 3.05) is 14.2 Å². The molecule has 0 aromatic heterocycles. The second kappa shape index (κ2) is 7.69. The lowest BCUT2D eigenvalue weighted by Crippen LogP contribution is -2.31. The van der Waals surface area contributed by atoms with E-state index in [4.69, 9.17) is 9.47 Å². The highest BCUT2D eigenvalue weighted by Crippen LogP contribution is 2.52. The Kier molecular flexibility index (Phi) is 5.44. The summed E-state index contributed by atoms with van der Waals surface area (Å²) in [6.45, 7) is 14.0. The van der Waals surface area contributed by atoms with Crippen LogP contribution in [0.25, 0.3) is 0 Å². The van der Waals surface area contributed by atoms with Gasteiger partial charge in [-0.2, -0.15) is 4.58 Å². The molecule has 1 aliphatic heterocycles. The van der Waals surface area contributed by atoms with Gasteiger partial charge >= 0.3 is 0 Å². The molecule has 1 heterocycles. The van der Waals surface area contributed by atoms with Gasteiger partial charge in [0.2, 0.25) is 5.69 Å². The molecule has 3 nitrogen and oxygen atoms in total. The summed E-state index contributed by atoms with van der Waals surface area (Å²) in [6.07, 6.45) is 5.88. The number of methoxy groups -OCH3 is 2. The van der Waals surface area contributed by atoms with Crippen LogP contribution in [0.5, 0.6) is 11.5 Å². The molecule has 0 unspecified atom stereocenters. The molecule has 2 aliphatic rings. The van der Waals surface area contributed by atoms with Crippen molar-refractivity contribution in [3.63, 3.8) is 0 Å². The van der Waals surface area contributed by atoms with Gasteiger partial charge in [0.05, 0.1) is 19.6 Å². The van der Waals surface area contributed by atoms with Gasteiger partial charge in [-0.3, -0.25) is 0 Å². The van der Waals surface area contributed by atoms with E-state index >= 15 is 0 Å². The van der Waals surface area contributed by atoms with Crippen LogP contribution >= 0.6 is 0 Å². The van der Waals surface area contributed by atoms with Crippen molar-refractivity contribution in [3.05, 3.63) is 52.6 Å². The Bertz CT molecular complexity index is 1010. The third-order valence-corrected chi connectivity index (χ3v) is 7.35. The zero-order valence-corrected chi connectivity index (χ0v) is 20.5. The second-order valence-corrected chi connectivity index (χ2v) is 10.6. The van der Waals surface area contributed by atoms with Crippen LogP contribution in [0.1, 0.15) is 88.5 Å². The molecule has 0 radical (unpaired) electrons. The standard InChI is InChI=1S/C28H38NO2/c1-18(2)21-10-9-11-22(19(3)4)26(21)29-17-28(16-27(29,5)6)13-12-20-14-24(30-7)25(31-8)15-23(20)28/h9-11,14-15,17-19H,12-13,16H2,1-8H3/q+1/t28-/m0/s1. The minimum absolute atomic E-state index is 0.0312. The molecular weight excluding hydrogens is 382 g/mol. The van der Waals surface area contributed by atoms with Gasteiger partial charge in [-0.05, 0) is 47.9 Å². The zero-order valence-electron chi connectivity index (χ0n) is 20.5. The minimum Gasteiger partial charge on any atom is -0.493 e. The van der Waals surface area contributed by atoms with Gasteiger partial charge in [-0.25, -0.2) is 0 Å². The predicted molar refractivity (Wildman–Crippen MR) is 129 cm³/mol. The van der Waals surface area contributed by atoms with Gasteiger partial charge in [0, 0.05) is 31.4 Å². The molecule has 3 heteroatoms. The maximum atomic E-state index is 5.68. The summed E-state index contributed by atoms with van der Waals surface area (Å²) in [5.74, 6) is 2.63. The van der Waals surface area contributed by atoms with Crippen molar-refractivity contribution in [2.45, 2.75) is 83.6 Å². The lowest BCUT2D eigenvalue weighted by Gasteiger charge is -2.24. The summed E-state index contributed by atoms with van der Waals surface area (Å²) < 4.78 is 13.9. The van der Waals surface area contributed by atoms with Crippen molar-refractivity contribution in [3.8, 4) is 11.5 Å². The van der Waals surface area contributed by atoms with Crippen molar-refractivity contribution in [2.24, 2.45) is 0 Å². The smallest absolute Gasteiger partial charge is 0.212 e. The van der Waals surface area contributed by atoms with Crippen LogP contribution in [0.2, 0.25) is 0 Å². The number of ether oxygens (including phenoxy) is 2. The van der Waals surface area contributed by atoms with E-state index in [1.54, 1.807) is 14.2 Å². The summed E-state index contributed by atoms with van der Waals surface area (Å²) in [4.78, 5) is 0. The summed E-state index contributed by atoms with van der Waals surface area (Å²) >= 11 is 0. The monoisotopic (exact) mass is 420 g/mol. The Morgan fingerprint density at radius 1 is 0.903 bits per heavy atom. The molecule has 4 rings (SSSR count). The van der Waals surface area contributed by atoms with Crippen LogP contribution in [-0.2, 0) is 11.8 Å². The molecule has 166 valence electrons. The highest BCUT2D eigenvalue weighted by molar-refractivity contribution is 5.77. The number of nitrogens with zero attached hydrogens (tertiary/aromatic N) is 1. The second-order valence-electron chi connectivity index (χ2n) is 10.6. The van der Waals surface area contributed by atoms with Crippen LogP contribution in [0, 0.1) is 0 Å². The van der Waals surface area contributed by atoms with Crippen molar-refractivity contribution < 1.29 is 14.0 Å². The van der Waals surface area contributed by atoms with Gasteiger partial charge in [0.15, 0.2) is 23.3 Å². The Hall–Kier alpha value is -2.29. The van der Waals surface area contributed by atoms with E-state index in [0.717, 1.165) is 30.8 Å².